The zero-order chi connectivity index (χ0) is 17.4. The molecular weight excluding hydrogens is 329 g/mol. The first-order valence-corrected chi connectivity index (χ1v) is 8.11. The van der Waals surface area contributed by atoms with E-state index in [1.54, 1.807) is 26.0 Å². The first-order valence-electron chi connectivity index (χ1n) is 6.70. The van der Waals surface area contributed by atoms with Crippen LogP contribution in [0.1, 0.15) is 22.3 Å². The molecule has 0 unspecified atom stereocenters. The fraction of sp³-hybridized carbons (Fsp3) is 0.250. The minimum Gasteiger partial charge on any atom is -0.379 e. The van der Waals surface area contributed by atoms with Crippen LogP contribution in [0.5, 0.6) is 5.75 Å². The van der Waals surface area contributed by atoms with E-state index in [0.29, 0.717) is 17.2 Å². The summed E-state index contributed by atoms with van der Waals surface area (Å²) in [6.45, 7) is 5.05. The molecule has 2 aromatic carbocycles. The summed E-state index contributed by atoms with van der Waals surface area (Å²) in [7, 11) is -4.22. The quantitative estimate of drug-likeness (QED) is 0.775. The van der Waals surface area contributed by atoms with E-state index >= 15 is 0 Å². The van der Waals surface area contributed by atoms with E-state index in [1.807, 2.05) is 6.92 Å². The van der Waals surface area contributed by atoms with Gasteiger partial charge in [0.25, 0.3) is 0 Å². The number of alkyl halides is 3. The molecule has 0 aliphatic carbocycles. The summed E-state index contributed by atoms with van der Waals surface area (Å²) in [5.41, 5.74) is 0.879. The van der Waals surface area contributed by atoms with Gasteiger partial charge in [0.2, 0.25) is 0 Å². The smallest absolute Gasteiger partial charge is 0.379 e. The lowest BCUT2D eigenvalue weighted by atomic mass is 10.1. The molecule has 0 aliphatic heterocycles. The molecule has 0 saturated carbocycles. The van der Waals surface area contributed by atoms with Crippen molar-refractivity contribution in [2.45, 2.75) is 31.8 Å². The highest BCUT2D eigenvalue weighted by Gasteiger charge is 2.31. The van der Waals surface area contributed by atoms with Crippen molar-refractivity contribution in [3.05, 3.63) is 58.7 Å². The van der Waals surface area contributed by atoms with Crippen molar-refractivity contribution in [1.82, 2.24) is 0 Å². The molecule has 0 spiro atoms. The van der Waals surface area contributed by atoms with E-state index < -0.39 is 21.9 Å². The lowest BCUT2D eigenvalue weighted by molar-refractivity contribution is -0.137. The predicted molar refractivity (Wildman–Crippen MR) is 79.9 cm³/mol. The van der Waals surface area contributed by atoms with Gasteiger partial charge in [-0.3, -0.25) is 0 Å². The third-order valence-electron chi connectivity index (χ3n) is 3.22. The highest BCUT2D eigenvalue weighted by atomic mass is 32.2. The van der Waals surface area contributed by atoms with Crippen LogP contribution in [-0.2, 0) is 16.3 Å². The summed E-state index contributed by atoms with van der Waals surface area (Å²) in [5, 5.41) is 0. The molecule has 0 fully saturated rings. The second kappa shape index (κ2) is 5.88. The molecule has 0 aromatic heterocycles. The molecule has 2 aromatic rings. The van der Waals surface area contributed by atoms with Gasteiger partial charge in [-0.15, -0.1) is 0 Å². The van der Waals surface area contributed by atoms with Crippen LogP contribution in [0.2, 0.25) is 0 Å². The Balaban J connectivity index is 2.44. The van der Waals surface area contributed by atoms with Crippen molar-refractivity contribution in [3.8, 4) is 5.75 Å². The Morgan fingerprint density at radius 3 is 2.04 bits per heavy atom. The second-order valence-corrected chi connectivity index (χ2v) is 6.77. The number of hydrogen-bond donors (Lipinski definition) is 0. The maximum Gasteiger partial charge on any atom is 0.416 e. The van der Waals surface area contributed by atoms with Crippen LogP contribution in [0.3, 0.4) is 0 Å². The van der Waals surface area contributed by atoms with Gasteiger partial charge in [-0.1, -0.05) is 23.8 Å². The topological polar surface area (TPSA) is 43.4 Å². The fourth-order valence-electron chi connectivity index (χ4n) is 2.45. The first-order chi connectivity index (χ1) is 10.5. The first kappa shape index (κ1) is 17.3. The minimum atomic E-state index is -4.57. The molecule has 0 saturated heterocycles. The molecule has 0 N–H and O–H groups in total. The highest BCUT2D eigenvalue weighted by Crippen LogP contribution is 2.32. The summed E-state index contributed by atoms with van der Waals surface area (Å²) in [6, 6.07) is 7.14. The SMILES string of the molecule is Cc1cc(C)c(S(=O)(=O)Oc2cccc(C(F)(F)F)c2)c(C)c1. The zero-order valence-corrected chi connectivity index (χ0v) is 13.5. The Morgan fingerprint density at radius 1 is 0.957 bits per heavy atom. The molecule has 0 amide bonds. The van der Waals surface area contributed by atoms with Gasteiger partial charge in [-0.25, -0.2) is 0 Å². The Labute approximate surface area is 132 Å². The zero-order valence-electron chi connectivity index (χ0n) is 12.7. The van der Waals surface area contributed by atoms with Gasteiger partial charge in [-0.2, -0.15) is 21.6 Å². The fourth-order valence-corrected chi connectivity index (χ4v) is 3.80. The molecule has 124 valence electrons. The van der Waals surface area contributed by atoms with Gasteiger partial charge in [0, 0.05) is 0 Å². The second-order valence-electron chi connectivity index (χ2n) is 5.29. The predicted octanol–water partition coefficient (Wildman–Crippen LogP) is 4.40. The summed E-state index contributed by atoms with van der Waals surface area (Å²) in [4.78, 5) is -0.0273. The minimum absolute atomic E-state index is 0.0273. The Morgan fingerprint density at radius 2 is 1.52 bits per heavy atom. The van der Waals surface area contributed by atoms with Crippen LogP contribution in [0.25, 0.3) is 0 Å². The molecule has 0 radical (unpaired) electrons. The largest absolute Gasteiger partial charge is 0.416 e. The van der Waals surface area contributed by atoms with E-state index in [1.165, 1.54) is 6.07 Å². The summed E-state index contributed by atoms with van der Waals surface area (Å²) in [5.74, 6) is -0.376. The van der Waals surface area contributed by atoms with Gasteiger partial charge in [-0.05, 0) is 50.1 Å². The third-order valence-corrected chi connectivity index (χ3v) is 4.78. The van der Waals surface area contributed by atoms with Crippen molar-refractivity contribution in [2.24, 2.45) is 0 Å². The lowest BCUT2D eigenvalue weighted by Crippen LogP contribution is -2.14. The number of halogens is 3. The van der Waals surface area contributed by atoms with Crippen molar-refractivity contribution in [2.75, 3.05) is 0 Å². The monoisotopic (exact) mass is 344 g/mol. The van der Waals surface area contributed by atoms with Crippen LogP contribution in [0.4, 0.5) is 13.2 Å². The molecule has 0 aliphatic rings. The summed E-state index contributed by atoms with van der Waals surface area (Å²) >= 11 is 0. The van der Waals surface area contributed by atoms with Crippen LogP contribution in [-0.4, -0.2) is 8.42 Å². The van der Waals surface area contributed by atoms with Crippen molar-refractivity contribution < 1.29 is 25.8 Å². The van der Waals surface area contributed by atoms with Crippen LogP contribution < -0.4 is 4.18 Å². The van der Waals surface area contributed by atoms with Gasteiger partial charge in [0.1, 0.15) is 10.6 Å². The number of benzene rings is 2. The molecule has 0 bridgehead atoms. The van der Waals surface area contributed by atoms with Crippen LogP contribution in [0, 0.1) is 20.8 Å². The highest BCUT2D eigenvalue weighted by molar-refractivity contribution is 7.87. The van der Waals surface area contributed by atoms with E-state index in [2.05, 4.69) is 0 Å². The van der Waals surface area contributed by atoms with Crippen LogP contribution >= 0.6 is 0 Å². The standard InChI is InChI=1S/C16H15F3O3S/c1-10-7-11(2)15(12(3)8-10)23(20,21)22-14-6-4-5-13(9-14)16(17,18)19/h4-9H,1-3H3. The molecule has 0 heterocycles. The number of hydrogen-bond acceptors (Lipinski definition) is 3. The van der Waals surface area contributed by atoms with Crippen molar-refractivity contribution in [1.29, 1.82) is 0 Å². The Bertz CT molecular complexity index is 817. The summed E-state index contributed by atoms with van der Waals surface area (Å²) < 4.78 is 67.8. The van der Waals surface area contributed by atoms with E-state index in [9.17, 15) is 21.6 Å². The number of aryl methyl sites for hydroxylation is 3. The lowest BCUT2D eigenvalue weighted by Gasteiger charge is -2.14. The Hall–Kier alpha value is -2.02. The van der Waals surface area contributed by atoms with E-state index in [4.69, 9.17) is 4.18 Å². The van der Waals surface area contributed by atoms with Gasteiger partial charge in [0.05, 0.1) is 5.56 Å². The van der Waals surface area contributed by atoms with Crippen LogP contribution in [0.15, 0.2) is 41.3 Å². The molecule has 7 heteroatoms. The normalized spacial score (nSPS) is 12.3. The molecule has 3 nitrogen and oxygen atoms in total. The average molecular weight is 344 g/mol. The van der Waals surface area contributed by atoms with Crippen molar-refractivity contribution >= 4 is 10.1 Å². The molecule has 23 heavy (non-hydrogen) atoms. The van der Waals surface area contributed by atoms with Crippen molar-refractivity contribution in [3.63, 3.8) is 0 Å². The van der Waals surface area contributed by atoms with Gasteiger partial charge in [0.15, 0.2) is 0 Å². The Kier molecular flexibility index (Phi) is 4.43. The van der Waals surface area contributed by atoms with Gasteiger partial charge < -0.3 is 4.18 Å². The third kappa shape index (κ3) is 3.85. The summed E-state index contributed by atoms with van der Waals surface area (Å²) in [6.07, 6.45) is -4.57. The molecule has 2 rings (SSSR count). The molecular formula is C16H15F3O3S. The maximum absolute atomic E-state index is 12.7. The average Bonchev–Trinajstić information content (AvgIpc) is 2.35. The maximum atomic E-state index is 12.7. The molecule has 0 atom stereocenters. The van der Waals surface area contributed by atoms with E-state index in [0.717, 1.165) is 17.7 Å². The van der Waals surface area contributed by atoms with Gasteiger partial charge >= 0.3 is 16.3 Å². The van der Waals surface area contributed by atoms with E-state index in [-0.39, 0.29) is 10.6 Å². The number of rotatable bonds is 3.